The normalized spacial score (nSPS) is 11.3. The van der Waals surface area contributed by atoms with Gasteiger partial charge in [0.1, 0.15) is 5.82 Å². The minimum absolute atomic E-state index is 0.275. The first kappa shape index (κ1) is 11.3. The van der Waals surface area contributed by atoms with Gasteiger partial charge in [0.2, 0.25) is 0 Å². The van der Waals surface area contributed by atoms with Crippen molar-refractivity contribution in [2.75, 3.05) is 5.43 Å². The van der Waals surface area contributed by atoms with Crippen molar-refractivity contribution in [2.45, 2.75) is 6.92 Å². The fourth-order valence-corrected chi connectivity index (χ4v) is 1.45. The number of halogens is 1. The van der Waals surface area contributed by atoms with E-state index < -0.39 is 0 Å². The van der Waals surface area contributed by atoms with Crippen LogP contribution in [0, 0.1) is 5.82 Å². The summed E-state index contributed by atoms with van der Waals surface area (Å²) >= 11 is 0. The van der Waals surface area contributed by atoms with Crippen molar-refractivity contribution < 1.29 is 4.39 Å². The Morgan fingerprint density at radius 3 is 2.53 bits per heavy atom. The summed E-state index contributed by atoms with van der Waals surface area (Å²) in [5.41, 5.74) is 5.37. The SMILES string of the molecule is C/C(=N\Nc1cccc(F)c1)c1ccccc1. The molecule has 0 amide bonds. The molecule has 17 heavy (non-hydrogen) atoms. The molecule has 86 valence electrons. The van der Waals surface area contributed by atoms with Crippen LogP contribution in [0.1, 0.15) is 12.5 Å². The van der Waals surface area contributed by atoms with Gasteiger partial charge in [0.15, 0.2) is 0 Å². The maximum Gasteiger partial charge on any atom is 0.125 e. The number of nitrogens with zero attached hydrogens (tertiary/aromatic N) is 1. The topological polar surface area (TPSA) is 24.4 Å². The quantitative estimate of drug-likeness (QED) is 0.629. The van der Waals surface area contributed by atoms with Crippen LogP contribution in [-0.2, 0) is 0 Å². The summed E-state index contributed by atoms with van der Waals surface area (Å²) in [4.78, 5) is 0. The van der Waals surface area contributed by atoms with E-state index in [0.717, 1.165) is 11.3 Å². The molecular formula is C14H13FN2. The predicted octanol–water partition coefficient (Wildman–Crippen LogP) is 3.66. The third kappa shape index (κ3) is 3.14. The second kappa shape index (κ2) is 5.25. The molecule has 0 bridgehead atoms. The number of hydrogen-bond donors (Lipinski definition) is 1. The van der Waals surface area contributed by atoms with Gasteiger partial charge in [0.05, 0.1) is 11.4 Å². The molecule has 0 fully saturated rings. The Kier molecular flexibility index (Phi) is 3.50. The van der Waals surface area contributed by atoms with Gasteiger partial charge in [-0.2, -0.15) is 5.10 Å². The molecule has 0 aliphatic carbocycles. The van der Waals surface area contributed by atoms with Gasteiger partial charge in [0, 0.05) is 0 Å². The van der Waals surface area contributed by atoms with E-state index >= 15 is 0 Å². The second-order valence-electron chi connectivity index (χ2n) is 3.69. The third-order valence-electron chi connectivity index (χ3n) is 2.37. The van der Waals surface area contributed by atoms with Crippen LogP contribution >= 0.6 is 0 Å². The zero-order chi connectivity index (χ0) is 12.1. The van der Waals surface area contributed by atoms with Crippen molar-refractivity contribution in [1.82, 2.24) is 0 Å². The Morgan fingerprint density at radius 1 is 1.06 bits per heavy atom. The minimum Gasteiger partial charge on any atom is -0.278 e. The summed E-state index contributed by atoms with van der Waals surface area (Å²) in [7, 11) is 0. The highest BCUT2D eigenvalue weighted by Gasteiger charge is 1.96. The standard InChI is InChI=1S/C14H13FN2/c1-11(12-6-3-2-4-7-12)16-17-14-9-5-8-13(15)10-14/h2-10,17H,1H3/b16-11+. The zero-order valence-corrected chi connectivity index (χ0v) is 9.52. The van der Waals surface area contributed by atoms with Gasteiger partial charge in [-0.3, -0.25) is 5.43 Å². The average Bonchev–Trinajstić information content (AvgIpc) is 2.37. The highest BCUT2D eigenvalue weighted by Crippen LogP contribution is 2.09. The van der Waals surface area contributed by atoms with Crippen molar-refractivity contribution in [3.05, 3.63) is 66.0 Å². The molecule has 0 aliphatic rings. The summed E-state index contributed by atoms with van der Waals surface area (Å²) in [6.45, 7) is 1.90. The molecule has 0 atom stereocenters. The molecule has 0 spiro atoms. The Balaban J connectivity index is 2.11. The molecule has 2 aromatic rings. The van der Waals surface area contributed by atoms with Crippen LogP contribution in [0.2, 0.25) is 0 Å². The number of hydrazone groups is 1. The lowest BCUT2D eigenvalue weighted by molar-refractivity contribution is 0.628. The van der Waals surface area contributed by atoms with Gasteiger partial charge in [0.25, 0.3) is 0 Å². The molecule has 0 aliphatic heterocycles. The van der Waals surface area contributed by atoms with Crippen LogP contribution in [0.4, 0.5) is 10.1 Å². The summed E-state index contributed by atoms with van der Waals surface area (Å²) in [6, 6.07) is 16.0. The molecule has 2 rings (SSSR count). The maximum absolute atomic E-state index is 12.9. The maximum atomic E-state index is 12.9. The van der Waals surface area contributed by atoms with Crippen molar-refractivity contribution >= 4 is 11.4 Å². The number of hydrogen-bond acceptors (Lipinski definition) is 2. The van der Waals surface area contributed by atoms with E-state index in [9.17, 15) is 4.39 Å². The molecule has 0 saturated carbocycles. The van der Waals surface area contributed by atoms with Crippen molar-refractivity contribution in [3.63, 3.8) is 0 Å². The van der Waals surface area contributed by atoms with Gasteiger partial charge in [-0.15, -0.1) is 0 Å². The molecule has 3 heteroatoms. The summed E-state index contributed by atoms with van der Waals surface area (Å²) in [6.07, 6.45) is 0. The van der Waals surface area contributed by atoms with Gasteiger partial charge < -0.3 is 0 Å². The Labute approximate surface area is 99.8 Å². The predicted molar refractivity (Wildman–Crippen MR) is 68.7 cm³/mol. The summed E-state index contributed by atoms with van der Waals surface area (Å²) < 4.78 is 12.9. The highest BCUT2D eigenvalue weighted by atomic mass is 19.1. The van der Waals surface area contributed by atoms with E-state index in [4.69, 9.17) is 0 Å². The molecule has 0 radical (unpaired) electrons. The van der Waals surface area contributed by atoms with Gasteiger partial charge in [-0.25, -0.2) is 4.39 Å². The van der Waals surface area contributed by atoms with E-state index in [-0.39, 0.29) is 5.82 Å². The van der Waals surface area contributed by atoms with E-state index in [1.54, 1.807) is 12.1 Å². The van der Waals surface area contributed by atoms with Crippen LogP contribution < -0.4 is 5.43 Å². The monoisotopic (exact) mass is 228 g/mol. The number of nitrogens with one attached hydrogen (secondary N) is 1. The molecule has 2 nitrogen and oxygen atoms in total. The first-order valence-electron chi connectivity index (χ1n) is 5.37. The minimum atomic E-state index is -0.275. The van der Waals surface area contributed by atoms with E-state index in [0.29, 0.717) is 5.69 Å². The van der Waals surface area contributed by atoms with Gasteiger partial charge in [-0.05, 0) is 30.7 Å². The highest BCUT2D eigenvalue weighted by molar-refractivity contribution is 5.98. The molecule has 0 heterocycles. The lowest BCUT2D eigenvalue weighted by Crippen LogP contribution is -1.99. The summed E-state index contributed by atoms with van der Waals surface area (Å²) in [5, 5.41) is 4.21. The van der Waals surface area contributed by atoms with Crippen molar-refractivity contribution in [1.29, 1.82) is 0 Å². The van der Waals surface area contributed by atoms with E-state index in [1.807, 2.05) is 37.3 Å². The zero-order valence-electron chi connectivity index (χ0n) is 9.52. The molecule has 1 N–H and O–H groups in total. The number of anilines is 1. The Hall–Kier alpha value is -2.16. The second-order valence-corrected chi connectivity index (χ2v) is 3.69. The first-order valence-corrected chi connectivity index (χ1v) is 5.37. The van der Waals surface area contributed by atoms with Crippen LogP contribution in [0.5, 0.6) is 0 Å². The van der Waals surface area contributed by atoms with Gasteiger partial charge >= 0.3 is 0 Å². The average molecular weight is 228 g/mol. The first-order chi connectivity index (χ1) is 8.25. The van der Waals surface area contributed by atoms with Crippen LogP contribution in [0.15, 0.2) is 59.7 Å². The number of rotatable bonds is 3. The van der Waals surface area contributed by atoms with Crippen molar-refractivity contribution in [3.8, 4) is 0 Å². The largest absolute Gasteiger partial charge is 0.278 e. The lowest BCUT2D eigenvalue weighted by Gasteiger charge is -2.03. The van der Waals surface area contributed by atoms with E-state index in [2.05, 4.69) is 10.5 Å². The summed E-state index contributed by atoms with van der Waals surface area (Å²) in [5.74, 6) is -0.275. The van der Waals surface area contributed by atoms with Crippen LogP contribution in [-0.4, -0.2) is 5.71 Å². The molecule has 0 aromatic heterocycles. The number of benzene rings is 2. The smallest absolute Gasteiger partial charge is 0.125 e. The molecule has 0 unspecified atom stereocenters. The third-order valence-corrected chi connectivity index (χ3v) is 2.37. The Bertz CT molecular complexity index is 521. The fraction of sp³-hybridized carbons (Fsp3) is 0.0714. The van der Waals surface area contributed by atoms with E-state index in [1.165, 1.54) is 12.1 Å². The van der Waals surface area contributed by atoms with Crippen LogP contribution in [0.25, 0.3) is 0 Å². The fourth-order valence-electron chi connectivity index (χ4n) is 1.45. The lowest BCUT2D eigenvalue weighted by atomic mass is 10.1. The van der Waals surface area contributed by atoms with Crippen LogP contribution in [0.3, 0.4) is 0 Å². The molecule has 2 aromatic carbocycles. The molecular weight excluding hydrogens is 215 g/mol. The van der Waals surface area contributed by atoms with Gasteiger partial charge in [-0.1, -0.05) is 36.4 Å². The molecule has 0 saturated heterocycles. The Morgan fingerprint density at radius 2 is 1.82 bits per heavy atom. The van der Waals surface area contributed by atoms with Crippen molar-refractivity contribution in [2.24, 2.45) is 5.10 Å².